The molecule has 3 N–H and O–H groups in total. The average Bonchev–Trinajstić information content (AvgIpc) is 2.27. The largest absolute Gasteiger partial charge is 0.271 e. The number of hydrogen-bond donors (Lipinski definition) is 2. The fourth-order valence-corrected chi connectivity index (χ4v) is 1.71. The third-order valence-corrected chi connectivity index (χ3v) is 2.91. The molecule has 2 heteroatoms. The summed E-state index contributed by atoms with van der Waals surface area (Å²) in [4.78, 5) is 0. The molecule has 1 aromatic rings. The van der Waals surface area contributed by atoms with E-state index in [1.807, 2.05) is 18.2 Å². The van der Waals surface area contributed by atoms with Crippen molar-refractivity contribution in [3.63, 3.8) is 0 Å². The van der Waals surface area contributed by atoms with Crippen molar-refractivity contribution in [2.45, 2.75) is 31.7 Å². The molecule has 0 saturated carbocycles. The van der Waals surface area contributed by atoms with Crippen molar-refractivity contribution in [3.05, 3.63) is 35.9 Å². The normalized spacial score (nSPS) is 13.2. The van der Waals surface area contributed by atoms with E-state index in [0.717, 1.165) is 0 Å². The van der Waals surface area contributed by atoms with E-state index in [0.29, 0.717) is 6.42 Å². The Kier molecular flexibility index (Phi) is 3.90. The second-order valence-corrected chi connectivity index (χ2v) is 4.22. The van der Waals surface area contributed by atoms with Crippen molar-refractivity contribution in [1.29, 1.82) is 0 Å². The van der Waals surface area contributed by atoms with Crippen LogP contribution in [0.2, 0.25) is 0 Å². The molecule has 1 unspecified atom stereocenters. The molecule has 0 bridgehead atoms. The summed E-state index contributed by atoms with van der Waals surface area (Å²) in [6, 6.07) is 10.3. The van der Waals surface area contributed by atoms with Crippen LogP contribution in [0.1, 0.15) is 25.8 Å². The van der Waals surface area contributed by atoms with E-state index in [4.69, 9.17) is 12.3 Å². The van der Waals surface area contributed by atoms with Gasteiger partial charge in [0.15, 0.2) is 0 Å². The van der Waals surface area contributed by atoms with Crippen LogP contribution in [0.4, 0.5) is 0 Å². The molecule has 0 aromatic heterocycles. The van der Waals surface area contributed by atoms with E-state index in [9.17, 15) is 0 Å². The van der Waals surface area contributed by atoms with Gasteiger partial charge in [-0.2, -0.15) is 0 Å². The zero-order chi connectivity index (χ0) is 11.3. The van der Waals surface area contributed by atoms with Crippen molar-refractivity contribution in [2.24, 2.45) is 5.84 Å². The van der Waals surface area contributed by atoms with Crippen LogP contribution in [-0.4, -0.2) is 6.04 Å². The van der Waals surface area contributed by atoms with Gasteiger partial charge in [0, 0.05) is 17.9 Å². The van der Waals surface area contributed by atoms with E-state index in [2.05, 4.69) is 37.3 Å². The maximum absolute atomic E-state index is 5.54. The maximum atomic E-state index is 5.54. The molecular weight excluding hydrogens is 184 g/mol. The first-order chi connectivity index (χ1) is 7.12. The Morgan fingerprint density at radius 3 is 2.47 bits per heavy atom. The van der Waals surface area contributed by atoms with Crippen LogP contribution in [-0.2, 0) is 5.41 Å². The predicted molar refractivity (Wildman–Crippen MR) is 64.0 cm³/mol. The number of nitrogens with two attached hydrogens (primary N) is 1. The van der Waals surface area contributed by atoms with Crippen LogP contribution in [0.15, 0.2) is 30.3 Å². The Morgan fingerprint density at radius 1 is 1.40 bits per heavy atom. The summed E-state index contributed by atoms with van der Waals surface area (Å²) < 4.78 is 0. The smallest absolute Gasteiger partial charge is 0.0411 e. The number of hydrogen-bond acceptors (Lipinski definition) is 2. The zero-order valence-electron chi connectivity index (χ0n) is 9.33. The predicted octanol–water partition coefficient (Wildman–Crippen LogP) is 1.82. The lowest BCUT2D eigenvalue weighted by Crippen LogP contribution is -2.47. The summed E-state index contributed by atoms with van der Waals surface area (Å²) in [5.41, 5.74) is 3.97. The van der Waals surface area contributed by atoms with E-state index in [-0.39, 0.29) is 11.5 Å². The summed E-state index contributed by atoms with van der Waals surface area (Å²) >= 11 is 0. The van der Waals surface area contributed by atoms with Crippen LogP contribution < -0.4 is 11.3 Å². The molecule has 0 spiro atoms. The van der Waals surface area contributed by atoms with Crippen molar-refractivity contribution < 1.29 is 0 Å². The fraction of sp³-hybridized carbons (Fsp3) is 0.385. The summed E-state index contributed by atoms with van der Waals surface area (Å²) in [5.74, 6) is 8.19. The van der Waals surface area contributed by atoms with Gasteiger partial charge in [-0.15, -0.1) is 12.3 Å². The molecule has 1 aromatic carbocycles. The first-order valence-corrected chi connectivity index (χ1v) is 5.08. The fourth-order valence-electron chi connectivity index (χ4n) is 1.71. The van der Waals surface area contributed by atoms with Gasteiger partial charge in [-0.3, -0.25) is 11.3 Å². The molecule has 0 saturated heterocycles. The standard InChI is InChI=1S/C13H18N2/c1-4-8-12(15-14)13(2,3)11-9-6-5-7-10-11/h1,5-7,9-10,12,15H,8,14H2,2-3H3. The Labute approximate surface area is 91.8 Å². The number of benzene rings is 1. The third kappa shape index (κ3) is 2.59. The molecule has 2 nitrogen and oxygen atoms in total. The van der Waals surface area contributed by atoms with Gasteiger partial charge in [0.25, 0.3) is 0 Å². The molecule has 1 rings (SSSR count). The second kappa shape index (κ2) is 4.97. The lowest BCUT2D eigenvalue weighted by molar-refractivity contribution is 0.349. The Morgan fingerprint density at radius 2 is 2.00 bits per heavy atom. The van der Waals surface area contributed by atoms with Gasteiger partial charge in [-0.05, 0) is 5.56 Å². The molecule has 1 atom stereocenters. The van der Waals surface area contributed by atoms with Crippen molar-refractivity contribution in [1.82, 2.24) is 5.43 Å². The highest BCUT2D eigenvalue weighted by atomic mass is 15.2. The van der Waals surface area contributed by atoms with E-state index in [1.165, 1.54) is 5.56 Å². The zero-order valence-corrected chi connectivity index (χ0v) is 9.33. The van der Waals surface area contributed by atoms with Crippen molar-refractivity contribution in [3.8, 4) is 12.3 Å². The monoisotopic (exact) mass is 202 g/mol. The molecule has 0 aliphatic heterocycles. The maximum Gasteiger partial charge on any atom is 0.0411 e. The Hall–Kier alpha value is -1.30. The summed E-state index contributed by atoms with van der Waals surface area (Å²) in [7, 11) is 0. The minimum Gasteiger partial charge on any atom is -0.271 e. The highest BCUT2D eigenvalue weighted by Crippen LogP contribution is 2.27. The molecule has 0 amide bonds. The van der Waals surface area contributed by atoms with Gasteiger partial charge >= 0.3 is 0 Å². The molecule has 0 radical (unpaired) electrons. The van der Waals surface area contributed by atoms with Crippen molar-refractivity contribution in [2.75, 3.05) is 0 Å². The summed E-state index contributed by atoms with van der Waals surface area (Å²) in [6.45, 7) is 4.29. The van der Waals surface area contributed by atoms with Gasteiger partial charge in [0.05, 0.1) is 0 Å². The SMILES string of the molecule is C#CCC(NN)C(C)(C)c1ccccc1. The van der Waals surface area contributed by atoms with Crippen LogP contribution in [0.25, 0.3) is 0 Å². The summed E-state index contributed by atoms with van der Waals surface area (Å²) in [6.07, 6.45) is 5.96. The molecule has 15 heavy (non-hydrogen) atoms. The highest BCUT2D eigenvalue weighted by Gasteiger charge is 2.29. The van der Waals surface area contributed by atoms with E-state index >= 15 is 0 Å². The number of terminal acetylenes is 1. The molecule has 0 heterocycles. The quantitative estimate of drug-likeness (QED) is 0.444. The lowest BCUT2D eigenvalue weighted by atomic mass is 9.77. The Balaban J connectivity index is 2.95. The number of hydrazine groups is 1. The van der Waals surface area contributed by atoms with Crippen LogP contribution in [0.5, 0.6) is 0 Å². The van der Waals surface area contributed by atoms with Crippen LogP contribution in [0.3, 0.4) is 0 Å². The molecule has 80 valence electrons. The van der Waals surface area contributed by atoms with Gasteiger partial charge in [0.2, 0.25) is 0 Å². The topological polar surface area (TPSA) is 38.0 Å². The van der Waals surface area contributed by atoms with Gasteiger partial charge < -0.3 is 0 Å². The summed E-state index contributed by atoms with van der Waals surface area (Å²) in [5, 5.41) is 0. The van der Waals surface area contributed by atoms with Gasteiger partial charge in [0.1, 0.15) is 0 Å². The molecule has 0 fully saturated rings. The molecular formula is C13H18N2. The molecule has 0 aliphatic rings. The van der Waals surface area contributed by atoms with E-state index in [1.54, 1.807) is 0 Å². The highest BCUT2D eigenvalue weighted by molar-refractivity contribution is 5.26. The van der Waals surface area contributed by atoms with Crippen molar-refractivity contribution >= 4 is 0 Å². The first-order valence-electron chi connectivity index (χ1n) is 5.08. The van der Waals surface area contributed by atoms with E-state index < -0.39 is 0 Å². The van der Waals surface area contributed by atoms with Gasteiger partial charge in [-0.25, -0.2) is 0 Å². The minimum absolute atomic E-state index is 0.0671. The van der Waals surface area contributed by atoms with Crippen LogP contribution in [0, 0.1) is 12.3 Å². The molecule has 0 aliphatic carbocycles. The number of nitrogens with one attached hydrogen (secondary N) is 1. The first kappa shape index (κ1) is 11.8. The Bertz CT molecular complexity index is 335. The minimum atomic E-state index is -0.0671. The average molecular weight is 202 g/mol. The third-order valence-electron chi connectivity index (χ3n) is 2.91. The lowest BCUT2D eigenvalue weighted by Gasteiger charge is -2.33. The van der Waals surface area contributed by atoms with Crippen LogP contribution >= 0.6 is 0 Å². The number of rotatable bonds is 4. The van der Waals surface area contributed by atoms with Gasteiger partial charge in [-0.1, -0.05) is 44.2 Å². The second-order valence-electron chi connectivity index (χ2n) is 4.22.